The number of hydrogen-bond donors (Lipinski definition) is 1. The van der Waals surface area contributed by atoms with E-state index in [1.807, 2.05) is 30.3 Å². The molecule has 0 spiro atoms. The summed E-state index contributed by atoms with van der Waals surface area (Å²) in [4.78, 5) is 0.337. The van der Waals surface area contributed by atoms with Crippen LogP contribution in [0.2, 0.25) is 0 Å². The molecule has 0 unspecified atom stereocenters. The lowest BCUT2D eigenvalue weighted by molar-refractivity contribution is 0.482. The van der Waals surface area contributed by atoms with Gasteiger partial charge in [-0.3, -0.25) is 0 Å². The SMILES string of the molecule is NC(=S)c1ccc(Oc2cccc(F)c2)c2ccccc12. The van der Waals surface area contributed by atoms with Gasteiger partial charge in [-0.15, -0.1) is 0 Å². The van der Waals surface area contributed by atoms with Gasteiger partial charge in [-0.25, -0.2) is 4.39 Å². The molecule has 0 aliphatic carbocycles. The van der Waals surface area contributed by atoms with E-state index in [0.29, 0.717) is 16.5 Å². The zero-order valence-electron chi connectivity index (χ0n) is 11.0. The average molecular weight is 297 g/mol. The van der Waals surface area contributed by atoms with Crippen LogP contribution in [-0.4, -0.2) is 4.99 Å². The minimum Gasteiger partial charge on any atom is -0.457 e. The summed E-state index contributed by atoms with van der Waals surface area (Å²) < 4.78 is 19.0. The monoisotopic (exact) mass is 297 g/mol. The summed E-state index contributed by atoms with van der Waals surface area (Å²) >= 11 is 5.07. The first-order valence-electron chi connectivity index (χ1n) is 6.40. The zero-order valence-corrected chi connectivity index (χ0v) is 11.9. The Morgan fingerprint density at radius 2 is 1.71 bits per heavy atom. The second-order valence-corrected chi connectivity index (χ2v) is 5.02. The van der Waals surface area contributed by atoms with Crippen molar-refractivity contribution in [3.63, 3.8) is 0 Å². The second kappa shape index (κ2) is 5.50. The van der Waals surface area contributed by atoms with Crippen LogP contribution in [0.15, 0.2) is 60.7 Å². The largest absolute Gasteiger partial charge is 0.457 e. The Kier molecular flexibility index (Phi) is 3.54. The van der Waals surface area contributed by atoms with Gasteiger partial charge < -0.3 is 10.5 Å². The third-order valence-corrected chi connectivity index (χ3v) is 3.39. The standard InChI is InChI=1S/C17H12FNOS/c18-11-4-3-5-12(10-11)20-16-9-8-15(17(19)21)13-6-1-2-7-14(13)16/h1-10H,(H2,19,21). The Labute approximate surface area is 127 Å². The predicted octanol–water partition coefficient (Wildman–Crippen LogP) is 4.41. The number of benzene rings is 3. The van der Waals surface area contributed by atoms with Crippen LogP contribution in [0.5, 0.6) is 11.5 Å². The molecule has 0 amide bonds. The smallest absolute Gasteiger partial charge is 0.135 e. The molecule has 0 bridgehead atoms. The van der Waals surface area contributed by atoms with Crippen molar-refractivity contribution in [2.45, 2.75) is 0 Å². The van der Waals surface area contributed by atoms with Gasteiger partial charge >= 0.3 is 0 Å². The summed E-state index contributed by atoms with van der Waals surface area (Å²) in [5.74, 6) is 0.746. The van der Waals surface area contributed by atoms with Crippen LogP contribution in [0, 0.1) is 5.82 Å². The first kappa shape index (κ1) is 13.5. The van der Waals surface area contributed by atoms with Gasteiger partial charge in [0, 0.05) is 17.0 Å². The predicted molar refractivity (Wildman–Crippen MR) is 86.3 cm³/mol. The summed E-state index contributed by atoms with van der Waals surface area (Å²) in [6.07, 6.45) is 0. The summed E-state index contributed by atoms with van der Waals surface area (Å²) in [5, 5.41) is 1.80. The molecular weight excluding hydrogens is 285 g/mol. The van der Waals surface area contributed by atoms with E-state index in [-0.39, 0.29) is 5.82 Å². The van der Waals surface area contributed by atoms with Gasteiger partial charge in [0.25, 0.3) is 0 Å². The Morgan fingerprint density at radius 3 is 2.43 bits per heavy atom. The van der Waals surface area contributed by atoms with E-state index < -0.39 is 0 Å². The van der Waals surface area contributed by atoms with Gasteiger partial charge in [-0.1, -0.05) is 42.5 Å². The normalized spacial score (nSPS) is 10.5. The Morgan fingerprint density at radius 1 is 0.952 bits per heavy atom. The number of ether oxygens (including phenoxy) is 1. The maximum atomic E-state index is 13.2. The number of halogens is 1. The average Bonchev–Trinajstić information content (AvgIpc) is 2.47. The van der Waals surface area contributed by atoms with E-state index in [2.05, 4.69) is 0 Å². The van der Waals surface area contributed by atoms with E-state index >= 15 is 0 Å². The molecule has 0 radical (unpaired) electrons. The summed E-state index contributed by atoms with van der Waals surface area (Å²) in [5.41, 5.74) is 6.54. The van der Waals surface area contributed by atoms with Crippen molar-refractivity contribution < 1.29 is 9.13 Å². The highest BCUT2D eigenvalue weighted by Gasteiger charge is 2.09. The highest BCUT2D eigenvalue weighted by atomic mass is 32.1. The topological polar surface area (TPSA) is 35.2 Å². The number of thiocarbonyl (C=S) groups is 1. The fourth-order valence-electron chi connectivity index (χ4n) is 2.23. The Hall–Kier alpha value is -2.46. The Bertz CT molecular complexity index is 832. The van der Waals surface area contributed by atoms with Crippen LogP contribution in [0.1, 0.15) is 5.56 Å². The molecule has 2 N–H and O–H groups in total. The maximum Gasteiger partial charge on any atom is 0.135 e. The Balaban J connectivity index is 2.12. The molecule has 3 aromatic rings. The molecule has 2 nitrogen and oxygen atoms in total. The van der Waals surface area contributed by atoms with Crippen molar-refractivity contribution in [1.82, 2.24) is 0 Å². The van der Waals surface area contributed by atoms with Crippen molar-refractivity contribution in [2.24, 2.45) is 5.73 Å². The second-order valence-electron chi connectivity index (χ2n) is 4.58. The highest BCUT2D eigenvalue weighted by molar-refractivity contribution is 7.80. The summed E-state index contributed by atoms with van der Waals surface area (Å²) in [7, 11) is 0. The van der Waals surface area contributed by atoms with E-state index in [1.165, 1.54) is 12.1 Å². The van der Waals surface area contributed by atoms with Gasteiger partial charge in [0.05, 0.1) is 0 Å². The lowest BCUT2D eigenvalue weighted by Gasteiger charge is -2.11. The molecule has 3 rings (SSSR count). The third-order valence-electron chi connectivity index (χ3n) is 3.17. The van der Waals surface area contributed by atoms with E-state index in [0.717, 1.165) is 16.3 Å². The molecule has 104 valence electrons. The molecule has 3 aromatic carbocycles. The van der Waals surface area contributed by atoms with Crippen molar-refractivity contribution in [3.05, 3.63) is 72.0 Å². The third kappa shape index (κ3) is 2.71. The lowest BCUT2D eigenvalue weighted by Crippen LogP contribution is -2.09. The molecule has 0 aliphatic rings. The molecule has 21 heavy (non-hydrogen) atoms. The van der Waals surface area contributed by atoms with Crippen LogP contribution in [0.25, 0.3) is 10.8 Å². The molecule has 0 atom stereocenters. The van der Waals surface area contributed by atoms with Gasteiger partial charge in [-0.05, 0) is 29.7 Å². The molecule has 4 heteroatoms. The fraction of sp³-hybridized carbons (Fsp3) is 0. The van der Waals surface area contributed by atoms with Crippen LogP contribution in [0.4, 0.5) is 4.39 Å². The molecular formula is C17H12FNOS. The first-order valence-corrected chi connectivity index (χ1v) is 6.81. The van der Waals surface area contributed by atoms with Gasteiger partial charge in [0.1, 0.15) is 22.3 Å². The number of hydrogen-bond acceptors (Lipinski definition) is 2. The summed E-state index contributed by atoms with van der Waals surface area (Å²) in [6.45, 7) is 0. The van der Waals surface area contributed by atoms with E-state index in [9.17, 15) is 4.39 Å². The van der Waals surface area contributed by atoms with Gasteiger partial charge in [0.15, 0.2) is 0 Å². The maximum absolute atomic E-state index is 13.2. The van der Waals surface area contributed by atoms with Gasteiger partial charge in [-0.2, -0.15) is 0 Å². The van der Waals surface area contributed by atoms with Crippen LogP contribution in [0.3, 0.4) is 0 Å². The number of rotatable bonds is 3. The van der Waals surface area contributed by atoms with Crippen LogP contribution >= 0.6 is 12.2 Å². The minimum absolute atomic E-state index is 0.337. The minimum atomic E-state index is -0.337. The quantitative estimate of drug-likeness (QED) is 0.727. The zero-order chi connectivity index (χ0) is 14.8. The number of fused-ring (bicyclic) bond motifs is 1. The van der Waals surface area contributed by atoms with Crippen LogP contribution in [-0.2, 0) is 0 Å². The van der Waals surface area contributed by atoms with Gasteiger partial charge in [0.2, 0.25) is 0 Å². The highest BCUT2D eigenvalue weighted by Crippen LogP contribution is 2.32. The molecule has 0 saturated heterocycles. The molecule has 0 aliphatic heterocycles. The van der Waals surface area contributed by atoms with E-state index in [1.54, 1.807) is 18.2 Å². The van der Waals surface area contributed by atoms with Crippen molar-refractivity contribution in [2.75, 3.05) is 0 Å². The van der Waals surface area contributed by atoms with Crippen LogP contribution < -0.4 is 10.5 Å². The summed E-state index contributed by atoms with van der Waals surface area (Å²) in [6, 6.07) is 17.3. The van der Waals surface area contributed by atoms with Crippen molar-refractivity contribution >= 4 is 28.0 Å². The van der Waals surface area contributed by atoms with E-state index in [4.69, 9.17) is 22.7 Å². The molecule has 0 heterocycles. The molecule has 0 fully saturated rings. The molecule has 0 saturated carbocycles. The van der Waals surface area contributed by atoms with Crippen molar-refractivity contribution in [3.8, 4) is 11.5 Å². The fourth-order valence-corrected chi connectivity index (χ4v) is 2.41. The van der Waals surface area contributed by atoms with Crippen molar-refractivity contribution in [1.29, 1.82) is 0 Å². The molecule has 0 aromatic heterocycles. The lowest BCUT2D eigenvalue weighted by atomic mass is 10.0. The first-order chi connectivity index (χ1) is 10.1. The number of nitrogens with two attached hydrogens (primary N) is 1.